The van der Waals surface area contributed by atoms with Crippen molar-refractivity contribution in [3.63, 3.8) is 0 Å². The minimum Gasteiger partial charge on any atom is -0.393 e. The van der Waals surface area contributed by atoms with E-state index in [0.29, 0.717) is 12.0 Å². The summed E-state index contributed by atoms with van der Waals surface area (Å²) in [7, 11) is 0. The Hall–Kier alpha value is -0.570. The van der Waals surface area contributed by atoms with E-state index < -0.39 is 0 Å². The molecule has 2 aliphatic rings. The molecular weight excluding hydrogens is 214 g/mol. The largest absolute Gasteiger partial charge is 0.393 e. The number of amides is 1. The Labute approximate surface area is 104 Å². The fourth-order valence-corrected chi connectivity index (χ4v) is 3.43. The molecule has 17 heavy (non-hydrogen) atoms. The van der Waals surface area contributed by atoms with Crippen LogP contribution in [0.2, 0.25) is 0 Å². The minimum atomic E-state index is -0.180. The van der Waals surface area contributed by atoms with Gasteiger partial charge in [0.05, 0.1) is 6.10 Å². The van der Waals surface area contributed by atoms with Crippen LogP contribution in [0.25, 0.3) is 0 Å². The zero-order valence-electron chi connectivity index (χ0n) is 11.1. The summed E-state index contributed by atoms with van der Waals surface area (Å²) in [5.74, 6) is 0.681. The number of carbonyl (C=O) groups excluding carboxylic acids is 1. The summed E-state index contributed by atoms with van der Waals surface area (Å²) in [4.78, 5) is 14.3. The van der Waals surface area contributed by atoms with E-state index in [4.69, 9.17) is 0 Å². The Balaban J connectivity index is 2.09. The summed E-state index contributed by atoms with van der Waals surface area (Å²) in [6.07, 6.45) is 6.36. The van der Waals surface area contributed by atoms with E-state index in [1.807, 2.05) is 13.8 Å². The Morgan fingerprint density at radius 3 is 2.53 bits per heavy atom. The molecule has 1 amide bonds. The molecule has 1 aliphatic heterocycles. The van der Waals surface area contributed by atoms with Gasteiger partial charge in [-0.25, -0.2) is 0 Å². The van der Waals surface area contributed by atoms with E-state index in [1.165, 1.54) is 6.42 Å². The fourth-order valence-electron chi connectivity index (χ4n) is 3.43. The van der Waals surface area contributed by atoms with E-state index >= 15 is 0 Å². The molecule has 0 spiro atoms. The highest BCUT2D eigenvalue weighted by atomic mass is 16.3. The maximum atomic E-state index is 12.2. The van der Waals surface area contributed by atoms with Crippen molar-refractivity contribution in [3.8, 4) is 0 Å². The first kappa shape index (κ1) is 12.9. The molecule has 3 nitrogen and oxygen atoms in total. The highest BCUT2D eigenvalue weighted by Gasteiger charge is 2.39. The normalized spacial score (nSPS) is 34.4. The number of nitrogens with zero attached hydrogens (tertiary/aromatic N) is 1. The molecule has 98 valence electrons. The number of aliphatic hydroxyl groups excluding tert-OH is 1. The van der Waals surface area contributed by atoms with Crippen LogP contribution in [0, 0.1) is 11.8 Å². The van der Waals surface area contributed by atoms with Crippen LogP contribution in [-0.2, 0) is 4.79 Å². The molecule has 3 atom stereocenters. The molecule has 1 N–H and O–H groups in total. The van der Waals surface area contributed by atoms with Crippen molar-refractivity contribution in [2.75, 3.05) is 6.54 Å². The Kier molecular flexibility index (Phi) is 4.08. The number of hydrogen-bond donors (Lipinski definition) is 1. The molecule has 0 aromatic heterocycles. The third-order valence-electron chi connectivity index (χ3n) is 4.35. The summed E-state index contributed by atoms with van der Waals surface area (Å²) < 4.78 is 0. The topological polar surface area (TPSA) is 40.5 Å². The van der Waals surface area contributed by atoms with Gasteiger partial charge < -0.3 is 10.0 Å². The number of likely N-dealkylation sites (tertiary alicyclic amines) is 1. The standard InChI is InChI=1S/C14H25NO2/c1-10(2)14(17)15-9-4-3-7-12(15)11-6-5-8-13(11)16/h10-13,16H,3-9H2,1-2H3. The maximum Gasteiger partial charge on any atom is 0.225 e. The summed E-state index contributed by atoms with van der Waals surface area (Å²) >= 11 is 0. The monoisotopic (exact) mass is 239 g/mol. The first-order valence-electron chi connectivity index (χ1n) is 7.10. The number of piperidine rings is 1. The molecule has 0 aromatic rings. The summed E-state index contributed by atoms with van der Waals surface area (Å²) in [5, 5.41) is 10.0. The van der Waals surface area contributed by atoms with Crippen molar-refractivity contribution in [2.45, 2.75) is 64.5 Å². The van der Waals surface area contributed by atoms with Gasteiger partial charge in [0.1, 0.15) is 0 Å². The molecule has 0 aromatic carbocycles. The first-order valence-corrected chi connectivity index (χ1v) is 7.10. The van der Waals surface area contributed by atoms with Crippen LogP contribution in [0.15, 0.2) is 0 Å². The predicted octanol–water partition coefficient (Wildman–Crippen LogP) is 2.18. The Morgan fingerprint density at radius 2 is 1.94 bits per heavy atom. The van der Waals surface area contributed by atoms with Gasteiger partial charge in [-0.05, 0) is 32.1 Å². The van der Waals surface area contributed by atoms with Crippen molar-refractivity contribution in [2.24, 2.45) is 11.8 Å². The third kappa shape index (κ3) is 2.65. The van der Waals surface area contributed by atoms with Gasteiger partial charge in [-0.1, -0.05) is 20.3 Å². The van der Waals surface area contributed by atoms with E-state index in [-0.39, 0.29) is 17.9 Å². The highest BCUT2D eigenvalue weighted by Crippen LogP contribution is 2.35. The van der Waals surface area contributed by atoms with Crippen LogP contribution in [0.1, 0.15) is 52.4 Å². The lowest BCUT2D eigenvalue weighted by atomic mass is 9.87. The number of aliphatic hydroxyl groups is 1. The lowest BCUT2D eigenvalue weighted by Crippen LogP contribution is -2.50. The van der Waals surface area contributed by atoms with Gasteiger partial charge in [-0.15, -0.1) is 0 Å². The molecule has 1 saturated heterocycles. The lowest BCUT2D eigenvalue weighted by molar-refractivity contribution is -0.140. The Bertz CT molecular complexity index is 277. The van der Waals surface area contributed by atoms with Gasteiger partial charge in [-0.2, -0.15) is 0 Å². The molecule has 3 heteroatoms. The third-order valence-corrected chi connectivity index (χ3v) is 4.35. The van der Waals surface area contributed by atoms with Crippen molar-refractivity contribution in [3.05, 3.63) is 0 Å². The molecule has 0 bridgehead atoms. The quantitative estimate of drug-likeness (QED) is 0.802. The SMILES string of the molecule is CC(C)C(=O)N1CCCCC1C1CCCC1O. The van der Waals surface area contributed by atoms with Crippen LogP contribution in [-0.4, -0.2) is 34.6 Å². The zero-order valence-corrected chi connectivity index (χ0v) is 11.1. The van der Waals surface area contributed by atoms with E-state index in [0.717, 1.165) is 38.6 Å². The minimum absolute atomic E-state index is 0.0779. The second kappa shape index (κ2) is 5.38. The van der Waals surface area contributed by atoms with Gasteiger partial charge in [0.2, 0.25) is 5.91 Å². The number of rotatable bonds is 2. The zero-order chi connectivity index (χ0) is 12.4. The summed E-state index contributed by atoms with van der Waals surface area (Å²) in [6, 6.07) is 0.302. The van der Waals surface area contributed by atoms with Gasteiger partial charge in [0, 0.05) is 24.4 Å². The van der Waals surface area contributed by atoms with E-state index in [9.17, 15) is 9.90 Å². The molecule has 1 aliphatic carbocycles. The van der Waals surface area contributed by atoms with Crippen LogP contribution in [0.3, 0.4) is 0 Å². The molecule has 0 radical (unpaired) electrons. The van der Waals surface area contributed by atoms with Crippen LogP contribution < -0.4 is 0 Å². The van der Waals surface area contributed by atoms with Crippen molar-refractivity contribution >= 4 is 5.91 Å². The van der Waals surface area contributed by atoms with E-state index in [2.05, 4.69) is 4.90 Å². The molecule has 3 unspecified atom stereocenters. The molecule has 1 saturated carbocycles. The average Bonchev–Trinajstić information content (AvgIpc) is 2.74. The summed E-state index contributed by atoms with van der Waals surface area (Å²) in [6.45, 7) is 4.84. The highest BCUT2D eigenvalue weighted by molar-refractivity contribution is 5.78. The lowest BCUT2D eigenvalue weighted by Gasteiger charge is -2.41. The molecule has 2 fully saturated rings. The first-order chi connectivity index (χ1) is 8.11. The van der Waals surface area contributed by atoms with Gasteiger partial charge in [-0.3, -0.25) is 4.79 Å². The second-order valence-corrected chi connectivity index (χ2v) is 5.91. The van der Waals surface area contributed by atoms with Crippen LogP contribution >= 0.6 is 0 Å². The van der Waals surface area contributed by atoms with Crippen LogP contribution in [0.4, 0.5) is 0 Å². The number of hydrogen-bond acceptors (Lipinski definition) is 2. The van der Waals surface area contributed by atoms with Gasteiger partial charge >= 0.3 is 0 Å². The average molecular weight is 239 g/mol. The van der Waals surface area contributed by atoms with Crippen molar-refractivity contribution in [1.82, 2.24) is 4.90 Å². The van der Waals surface area contributed by atoms with Crippen molar-refractivity contribution < 1.29 is 9.90 Å². The molecule has 1 heterocycles. The Morgan fingerprint density at radius 1 is 1.18 bits per heavy atom. The molecule has 2 rings (SSSR count). The maximum absolute atomic E-state index is 12.2. The molecular formula is C14H25NO2. The van der Waals surface area contributed by atoms with Crippen LogP contribution in [0.5, 0.6) is 0 Å². The number of carbonyl (C=O) groups is 1. The summed E-state index contributed by atoms with van der Waals surface area (Å²) in [5.41, 5.74) is 0. The predicted molar refractivity (Wildman–Crippen MR) is 67.5 cm³/mol. The fraction of sp³-hybridized carbons (Fsp3) is 0.929. The second-order valence-electron chi connectivity index (χ2n) is 5.91. The van der Waals surface area contributed by atoms with Crippen molar-refractivity contribution in [1.29, 1.82) is 0 Å². The van der Waals surface area contributed by atoms with Gasteiger partial charge in [0.15, 0.2) is 0 Å². The smallest absolute Gasteiger partial charge is 0.225 e. The van der Waals surface area contributed by atoms with Gasteiger partial charge in [0.25, 0.3) is 0 Å². The van der Waals surface area contributed by atoms with E-state index in [1.54, 1.807) is 0 Å².